The molecule has 0 N–H and O–H groups in total. The molecule has 30 heavy (non-hydrogen) atoms. The van der Waals surface area contributed by atoms with Crippen molar-refractivity contribution in [1.29, 1.82) is 0 Å². The van der Waals surface area contributed by atoms with Gasteiger partial charge in [0.2, 0.25) is 0 Å². The van der Waals surface area contributed by atoms with Gasteiger partial charge in [-0.25, -0.2) is 9.97 Å². The van der Waals surface area contributed by atoms with E-state index in [1.807, 2.05) is 24.3 Å². The van der Waals surface area contributed by atoms with Crippen LogP contribution >= 0.6 is 0 Å². The number of aromatic nitrogens is 2. The van der Waals surface area contributed by atoms with Crippen LogP contribution < -0.4 is 9.47 Å². The maximum atomic E-state index is 5.45. The molecule has 2 heterocycles. The van der Waals surface area contributed by atoms with Gasteiger partial charge >= 0.3 is 0 Å². The van der Waals surface area contributed by atoms with Gasteiger partial charge in [0.25, 0.3) is 0 Å². The lowest BCUT2D eigenvalue weighted by molar-refractivity contribution is 0.418. The number of unbranched alkanes of at least 4 members (excludes halogenated alkanes) is 3. The Morgan fingerprint density at radius 2 is 1.03 bits per heavy atom. The summed E-state index contributed by atoms with van der Waals surface area (Å²) in [5.41, 5.74) is 4.18. The number of fused-ring (bicyclic) bond motifs is 2. The van der Waals surface area contributed by atoms with Crippen LogP contribution in [0, 0.1) is 0 Å². The molecule has 0 saturated carbocycles. The van der Waals surface area contributed by atoms with Gasteiger partial charge < -0.3 is 9.47 Å². The summed E-state index contributed by atoms with van der Waals surface area (Å²) in [7, 11) is 3.40. The molecule has 0 aliphatic carbocycles. The summed E-state index contributed by atoms with van der Waals surface area (Å²) in [5, 5.41) is 2.25. The van der Waals surface area contributed by atoms with Crippen LogP contribution in [0.15, 0.2) is 60.7 Å². The molecule has 0 saturated heterocycles. The third-order valence-corrected chi connectivity index (χ3v) is 5.54. The minimum Gasteiger partial charge on any atom is -0.494 e. The number of para-hydroxylation sites is 2. The van der Waals surface area contributed by atoms with Gasteiger partial charge in [0.05, 0.1) is 14.2 Å². The first kappa shape index (κ1) is 20.1. The van der Waals surface area contributed by atoms with Crippen molar-refractivity contribution in [2.45, 2.75) is 38.5 Å². The zero-order chi connectivity index (χ0) is 20.8. The third kappa shape index (κ3) is 4.54. The molecule has 0 radical (unpaired) electrons. The van der Waals surface area contributed by atoms with Crippen molar-refractivity contribution in [2.24, 2.45) is 0 Å². The Hall–Kier alpha value is -3.14. The maximum Gasteiger partial charge on any atom is 0.145 e. The molecule has 4 nitrogen and oxygen atoms in total. The Morgan fingerprint density at radius 1 is 0.567 bits per heavy atom. The number of nitrogens with zero attached hydrogens (tertiary/aromatic N) is 2. The molecule has 0 aliphatic heterocycles. The molecule has 2 aromatic carbocycles. The van der Waals surface area contributed by atoms with Gasteiger partial charge in [-0.3, -0.25) is 0 Å². The van der Waals surface area contributed by atoms with Crippen LogP contribution in [-0.2, 0) is 12.8 Å². The van der Waals surface area contributed by atoms with Gasteiger partial charge in [-0.1, -0.05) is 49.2 Å². The quantitative estimate of drug-likeness (QED) is 0.316. The summed E-state index contributed by atoms with van der Waals surface area (Å²) in [5.74, 6) is 1.68. The largest absolute Gasteiger partial charge is 0.494 e. The number of aryl methyl sites for hydroxylation is 2. The topological polar surface area (TPSA) is 44.2 Å². The number of methoxy groups -OCH3 is 2. The summed E-state index contributed by atoms with van der Waals surface area (Å²) in [6.07, 6.45) is 6.68. The molecule has 4 heteroatoms. The lowest BCUT2D eigenvalue weighted by atomic mass is 10.1. The molecule has 4 rings (SSSR count). The van der Waals surface area contributed by atoms with Gasteiger partial charge in [0.1, 0.15) is 22.5 Å². The lowest BCUT2D eigenvalue weighted by Gasteiger charge is -2.08. The van der Waals surface area contributed by atoms with Crippen LogP contribution in [0.25, 0.3) is 21.8 Å². The number of hydrogen-bond acceptors (Lipinski definition) is 4. The molecule has 0 spiro atoms. The minimum atomic E-state index is 0.842. The molecular weight excluding hydrogens is 372 g/mol. The summed E-state index contributed by atoms with van der Waals surface area (Å²) in [6, 6.07) is 20.6. The van der Waals surface area contributed by atoms with E-state index < -0.39 is 0 Å². The fourth-order valence-electron chi connectivity index (χ4n) is 3.89. The minimum absolute atomic E-state index is 0.842. The number of rotatable bonds is 9. The SMILES string of the molecule is COc1cccc2ccc(CCCCCCc3ccc4cccc(OC)c4n3)nc12. The Bertz CT molecular complexity index is 1050. The molecule has 0 aliphatic rings. The lowest BCUT2D eigenvalue weighted by Crippen LogP contribution is -1.95. The summed E-state index contributed by atoms with van der Waals surface area (Å²) >= 11 is 0. The van der Waals surface area contributed by atoms with E-state index in [4.69, 9.17) is 19.4 Å². The second-order valence-corrected chi connectivity index (χ2v) is 7.58. The first-order chi connectivity index (χ1) is 14.8. The van der Waals surface area contributed by atoms with E-state index in [2.05, 4.69) is 36.4 Å². The van der Waals surface area contributed by atoms with Crippen molar-refractivity contribution < 1.29 is 9.47 Å². The van der Waals surface area contributed by atoms with E-state index in [0.29, 0.717) is 0 Å². The van der Waals surface area contributed by atoms with Crippen LogP contribution in [0.5, 0.6) is 11.5 Å². The van der Waals surface area contributed by atoms with Gasteiger partial charge in [-0.15, -0.1) is 0 Å². The Kier molecular flexibility index (Phi) is 6.43. The van der Waals surface area contributed by atoms with Crippen molar-refractivity contribution >= 4 is 21.8 Å². The van der Waals surface area contributed by atoms with Crippen molar-refractivity contribution in [3.63, 3.8) is 0 Å². The van der Waals surface area contributed by atoms with Crippen LogP contribution in [0.2, 0.25) is 0 Å². The zero-order valence-corrected chi connectivity index (χ0v) is 17.7. The molecule has 154 valence electrons. The monoisotopic (exact) mass is 400 g/mol. The van der Waals surface area contributed by atoms with Crippen LogP contribution in [0.4, 0.5) is 0 Å². The highest BCUT2D eigenvalue weighted by molar-refractivity contribution is 5.85. The number of pyridine rings is 2. The van der Waals surface area contributed by atoms with E-state index in [0.717, 1.165) is 70.4 Å². The van der Waals surface area contributed by atoms with Crippen molar-refractivity contribution in [3.8, 4) is 11.5 Å². The first-order valence-electron chi connectivity index (χ1n) is 10.6. The van der Waals surface area contributed by atoms with E-state index in [1.54, 1.807) is 14.2 Å². The van der Waals surface area contributed by atoms with Crippen molar-refractivity contribution in [3.05, 3.63) is 72.1 Å². The summed E-state index contributed by atoms with van der Waals surface area (Å²) in [6.45, 7) is 0. The van der Waals surface area contributed by atoms with Gasteiger partial charge in [0, 0.05) is 22.2 Å². The Balaban J connectivity index is 1.27. The zero-order valence-electron chi connectivity index (χ0n) is 17.7. The molecule has 0 unspecified atom stereocenters. The molecule has 4 aromatic rings. The smallest absolute Gasteiger partial charge is 0.145 e. The number of benzene rings is 2. The second kappa shape index (κ2) is 9.57. The van der Waals surface area contributed by atoms with Crippen molar-refractivity contribution in [2.75, 3.05) is 14.2 Å². The fourth-order valence-corrected chi connectivity index (χ4v) is 3.89. The first-order valence-corrected chi connectivity index (χ1v) is 10.6. The normalized spacial score (nSPS) is 11.1. The van der Waals surface area contributed by atoms with E-state index >= 15 is 0 Å². The van der Waals surface area contributed by atoms with E-state index in [9.17, 15) is 0 Å². The predicted molar refractivity (Wildman–Crippen MR) is 122 cm³/mol. The third-order valence-electron chi connectivity index (χ3n) is 5.54. The standard InChI is InChI=1S/C26H28N2O2/c1-29-23-13-7-9-19-15-17-21(27-25(19)23)11-5-3-4-6-12-22-18-16-20-10-8-14-24(30-2)26(20)28-22/h7-10,13-18H,3-6,11-12H2,1-2H3. The molecule has 0 fully saturated rings. The van der Waals surface area contributed by atoms with E-state index in [-0.39, 0.29) is 0 Å². The van der Waals surface area contributed by atoms with Crippen LogP contribution in [0.3, 0.4) is 0 Å². The summed E-state index contributed by atoms with van der Waals surface area (Å²) in [4.78, 5) is 9.62. The highest BCUT2D eigenvalue weighted by atomic mass is 16.5. The van der Waals surface area contributed by atoms with Gasteiger partial charge in [-0.05, 0) is 49.9 Å². The highest BCUT2D eigenvalue weighted by Crippen LogP contribution is 2.25. The van der Waals surface area contributed by atoms with Gasteiger partial charge in [-0.2, -0.15) is 0 Å². The van der Waals surface area contributed by atoms with Crippen LogP contribution in [0.1, 0.15) is 37.1 Å². The maximum absolute atomic E-state index is 5.45. The molecular formula is C26H28N2O2. The highest BCUT2D eigenvalue weighted by Gasteiger charge is 2.06. The van der Waals surface area contributed by atoms with Crippen molar-refractivity contribution in [1.82, 2.24) is 9.97 Å². The average molecular weight is 401 g/mol. The Morgan fingerprint density at radius 3 is 1.47 bits per heavy atom. The average Bonchev–Trinajstić information content (AvgIpc) is 2.80. The number of hydrogen-bond donors (Lipinski definition) is 0. The predicted octanol–water partition coefficient (Wildman–Crippen LogP) is 6.15. The molecule has 0 bridgehead atoms. The second-order valence-electron chi connectivity index (χ2n) is 7.58. The van der Waals surface area contributed by atoms with Crippen LogP contribution in [-0.4, -0.2) is 24.2 Å². The van der Waals surface area contributed by atoms with Gasteiger partial charge in [0.15, 0.2) is 0 Å². The molecule has 0 atom stereocenters. The molecule has 2 aromatic heterocycles. The summed E-state index contributed by atoms with van der Waals surface area (Å²) < 4.78 is 10.9. The Labute approximate surface area is 177 Å². The number of ether oxygens (including phenoxy) is 2. The fraction of sp³-hybridized carbons (Fsp3) is 0.308. The molecule has 0 amide bonds. The van der Waals surface area contributed by atoms with E-state index in [1.165, 1.54) is 12.8 Å².